The van der Waals surface area contributed by atoms with E-state index in [9.17, 15) is 4.21 Å². The van der Waals surface area contributed by atoms with Crippen LogP contribution in [0.25, 0.3) is 0 Å². The Balaban J connectivity index is 2.28. The van der Waals surface area contributed by atoms with E-state index in [0.29, 0.717) is 21.4 Å². The summed E-state index contributed by atoms with van der Waals surface area (Å²) in [5, 5.41) is 0.448. The van der Waals surface area contributed by atoms with Crippen LogP contribution in [-0.2, 0) is 16.6 Å². The van der Waals surface area contributed by atoms with Crippen LogP contribution in [0.15, 0.2) is 51.8 Å². The molecule has 0 aliphatic heterocycles. The highest BCUT2D eigenvalue weighted by molar-refractivity contribution is 9.10. The molecule has 0 saturated carbocycles. The summed E-state index contributed by atoms with van der Waals surface area (Å²) >= 11 is 9.43. The highest BCUT2D eigenvalue weighted by atomic mass is 79.9. The van der Waals surface area contributed by atoms with Crippen molar-refractivity contribution in [3.05, 3.63) is 57.5 Å². The third-order valence-corrected chi connectivity index (χ3v) is 4.84. The van der Waals surface area contributed by atoms with Crippen molar-refractivity contribution in [1.82, 2.24) is 0 Å². The number of nitrogen functional groups attached to an aromatic ring is 1. The summed E-state index contributed by atoms with van der Waals surface area (Å²) in [7, 11) is -1.24. The van der Waals surface area contributed by atoms with E-state index in [1.165, 1.54) is 0 Å². The molecule has 2 nitrogen and oxygen atoms in total. The first-order valence-electron chi connectivity index (χ1n) is 5.25. The Labute approximate surface area is 122 Å². The van der Waals surface area contributed by atoms with Gasteiger partial charge >= 0.3 is 0 Å². The maximum Gasteiger partial charge on any atom is 0.0806 e. The predicted molar refractivity (Wildman–Crippen MR) is 80.1 cm³/mol. The maximum absolute atomic E-state index is 12.3. The molecule has 0 bridgehead atoms. The second-order valence-corrected chi connectivity index (χ2v) is 6.49. The Kier molecular flexibility index (Phi) is 4.43. The van der Waals surface area contributed by atoms with Crippen molar-refractivity contribution >= 4 is 44.0 Å². The van der Waals surface area contributed by atoms with E-state index in [4.69, 9.17) is 17.3 Å². The molecule has 0 aromatic heterocycles. The molecule has 0 heterocycles. The SMILES string of the molecule is Nc1cccc(Cl)c1S(=O)Cc1cccc(Br)c1. The van der Waals surface area contributed by atoms with Crippen LogP contribution in [0.3, 0.4) is 0 Å². The molecule has 94 valence electrons. The van der Waals surface area contributed by atoms with E-state index in [-0.39, 0.29) is 0 Å². The average molecular weight is 345 g/mol. The number of nitrogens with two attached hydrogens (primary N) is 1. The minimum Gasteiger partial charge on any atom is -0.398 e. The van der Waals surface area contributed by atoms with Gasteiger partial charge in [0, 0.05) is 10.2 Å². The van der Waals surface area contributed by atoms with Crippen molar-refractivity contribution in [2.24, 2.45) is 0 Å². The lowest BCUT2D eigenvalue weighted by Crippen LogP contribution is -2.01. The molecule has 18 heavy (non-hydrogen) atoms. The van der Waals surface area contributed by atoms with Crippen molar-refractivity contribution in [2.45, 2.75) is 10.6 Å². The highest BCUT2D eigenvalue weighted by Gasteiger charge is 2.12. The molecule has 0 spiro atoms. The van der Waals surface area contributed by atoms with Crippen molar-refractivity contribution in [1.29, 1.82) is 0 Å². The van der Waals surface area contributed by atoms with Gasteiger partial charge in [0.25, 0.3) is 0 Å². The number of halogens is 2. The molecule has 2 aromatic carbocycles. The Hall–Kier alpha value is -0.840. The number of rotatable bonds is 3. The molecule has 5 heteroatoms. The van der Waals surface area contributed by atoms with Gasteiger partial charge in [0.2, 0.25) is 0 Å². The van der Waals surface area contributed by atoms with Crippen LogP contribution in [0.5, 0.6) is 0 Å². The first-order valence-corrected chi connectivity index (χ1v) is 7.73. The monoisotopic (exact) mass is 343 g/mol. The van der Waals surface area contributed by atoms with Crippen LogP contribution in [-0.4, -0.2) is 4.21 Å². The van der Waals surface area contributed by atoms with Crippen LogP contribution in [0, 0.1) is 0 Å². The van der Waals surface area contributed by atoms with Crippen LogP contribution in [0.1, 0.15) is 5.56 Å². The quantitative estimate of drug-likeness (QED) is 0.855. The van der Waals surface area contributed by atoms with Crippen LogP contribution >= 0.6 is 27.5 Å². The summed E-state index contributed by atoms with van der Waals surface area (Å²) < 4.78 is 13.3. The molecule has 0 radical (unpaired) electrons. The normalized spacial score (nSPS) is 12.3. The lowest BCUT2D eigenvalue weighted by Gasteiger charge is -2.08. The average Bonchev–Trinajstić information content (AvgIpc) is 2.28. The minimum atomic E-state index is -1.24. The fourth-order valence-corrected chi connectivity index (χ4v) is 3.75. The molecule has 1 unspecified atom stereocenters. The number of hydrogen-bond donors (Lipinski definition) is 1. The molecule has 2 rings (SSSR count). The number of benzene rings is 2. The number of anilines is 1. The minimum absolute atomic E-state index is 0.396. The maximum atomic E-state index is 12.3. The van der Waals surface area contributed by atoms with Gasteiger partial charge in [-0.05, 0) is 29.8 Å². The standard InChI is InChI=1S/C13H11BrClNOS/c14-10-4-1-3-9(7-10)8-18(17)13-11(15)5-2-6-12(13)16/h1-7H,8,16H2. The molecule has 2 N–H and O–H groups in total. The van der Waals surface area contributed by atoms with Crippen molar-refractivity contribution in [3.8, 4) is 0 Å². The van der Waals surface area contributed by atoms with E-state index in [2.05, 4.69) is 15.9 Å². The zero-order chi connectivity index (χ0) is 13.1. The molecule has 0 fully saturated rings. The summed E-state index contributed by atoms with van der Waals surface area (Å²) in [5.74, 6) is 0.396. The predicted octanol–water partition coefficient (Wildman–Crippen LogP) is 3.99. The van der Waals surface area contributed by atoms with Gasteiger partial charge in [-0.15, -0.1) is 0 Å². The molecular formula is C13H11BrClNOS. The Morgan fingerprint density at radius 3 is 2.61 bits per heavy atom. The van der Waals surface area contributed by atoms with E-state index in [0.717, 1.165) is 10.0 Å². The summed E-state index contributed by atoms with van der Waals surface area (Å²) in [5.41, 5.74) is 7.26. The van der Waals surface area contributed by atoms with E-state index in [1.54, 1.807) is 18.2 Å². The zero-order valence-corrected chi connectivity index (χ0v) is 12.6. The van der Waals surface area contributed by atoms with Gasteiger partial charge in [0.15, 0.2) is 0 Å². The summed E-state index contributed by atoms with van der Waals surface area (Å²) in [6.45, 7) is 0. The third kappa shape index (κ3) is 3.13. The first kappa shape index (κ1) is 13.6. The van der Waals surface area contributed by atoms with Gasteiger partial charge in [-0.1, -0.05) is 45.7 Å². The summed E-state index contributed by atoms with van der Waals surface area (Å²) in [6, 6.07) is 12.9. The van der Waals surface area contributed by atoms with E-state index in [1.807, 2.05) is 24.3 Å². The van der Waals surface area contributed by atoms with Gasteiger partial charge in [-0.25, -0.2) is 0 Å². The highest BCUT2D eigenvalue weighted by Crippen LogP contribution is 2.27. The molecule has 0 saturated heterocycles. The van der Waals surface area contributed by atoms with Gasteiger partial charge in [0.1, 0.15) is 0 Å². The van der Waals surface area contributed by atoms with Gasteiger partial charge in [-0.2, -0.15) is 0 Å². The van der Waals surface area contributed by atoms with Crippen LogP contribution < -0.4 is 5.73 Å². The fourth-order valence-electron chi connectivity index (χ4n) is 1.62. The second-order valence-electron chi connectivity index (χ2n) is 3.78. The summed E-state index contributed by atoms with van der Waals surface area (Å²) in [6.07, 6.45) is 0. The second kappa shape index (κ2) is 5.87. The van der Waals surface area contributed by atoms with E-state index < -0.39 is 10.8 Å². The fraction of sp³-hybridized carbons (Fsp3) is 0.0769. The first-order chi connectivity index (χ1) is 8.58. The topological polar surface area (TPSA) is 43.1 Å². The molecule has 0 amide bonds. The van der Waals surface area contributed by atoms with Gasteiger partial charge in [0.05, 0.1) is 26.5 Å². The lowest BCUT2D eigenvalue weighted by molar-refractivity contribution is 0.683. The Bertz CT molecular complexity index is 583. The van der Waals surface area contributed by atoms with Crippen LogP contribution in [0.2, 0.25) is 5.02 Å². The zero-order valence-electron chi connectivity index (χ0n) is 9.40. The lowest BCUT2D eigenvalue weighted by atomic mass is 10.2. The molecule has 0 aliphatic rings. The van der Waals surface area contributed by atoms with Crippen molar-refractivity contribution in [3.63, 3.8) is 0 Å². The van der Waals surface area contributed by atoms with Gasteiger partial charge < -0.3 is 5.73 Å². The Morgan fingerprint density at radius 2 is 1.94 bits per heavy atom. The third-order valence-electron chi connectivity index (χ3n) is 2.41. The van der Waals surface area contributed by atoms with Gasteiger partial charge in [-0.3, -0.25) is 4.21 Å². The van der Waals surface area contributed by atoms with E-state index >= 15 is 0 Å². The summed E-state index contributed by atoms with van der Waals surface area (Å²) in [4.78, 5) is 0.513. The molecule has 0 aliphatic carbocycles. The van der Waals surface area contributed by atoms with Crippen molar-refractivity contribution < 1.29 is 4.21 Å². The number of hydrogen-bond acceptors (Lipinski definition) is 2. The molecule has 1 atom stereocenters. The molecule has 2 aromatic rings. The van der Waals surface area contributed by atoms with Crippen molar-refractivity contribution in [2.75, 3.05) is 5.73 Å². The molecular weight excluding hydrogens is 334 g/mol. The van der Waals surface area contributed by atoms with Crippen LogP contribution in [0.4, 0.5) is 5.69 Å². The largest absolute Gasteiger partial charge is 0.398 e. The smallest absolute Gasteiger partial charge is 0.0806 e. The Morgan fingerprint density at radius 1 is 1.22 bits per heavy atom.